The van der Waals surface area contributed by atoms with Crippen LogP contribution in [0.25, 0.3) is 0 Å². The molecule has 1 aliphatic rings. The lowest BCUT2D eigenvalue weighted by Crippen LogP contribution is -2.23. The molecule has 1 aliphatic heterocycles. The van der Waals surface area contributed by atoms with E-state index in [9.17, 15) is 5.11 Å². The van der Waals surface area contributed by atoms with E-state index in [0.29, 0.717) is 5.75 Å². The second kappa shape index (κ2) is 5.13. The number of benzene rings is 1. The molecule has 0 aromatic heterocycles. The third-order valence-electron chi connectivity index (χ3n) is 3.18. The van der Waals surface area contributed by atoms with Crippen LogP contribution in [0.4, 0.5) is 5.69 Å². The molecule has 0 saturated carbocycles. The molecular weight excluding hydrogens is 214 g/mol. The first-order valence-corrected chi connectivity index (χ1v) is 6.02. The quantitative estimate of drug-likeness (QED) is 0.842. The van der Waals surface area contributed by atoms with E-state index < -0.39 is 0 Å². The molecule has 0 amide bonds. The lowest BCUT2D eigenvalue weighted by atomic mass is 10.1. The maximum Gasteiger partial charge on any atom is 0.123 e. The largest absolute Gasteiger partial charge is 0.507 e. The predicted molar refractivity (Wildman–Crippen MR) is 69.3 cm³/mol. The van der Waals surface area contributed by atoms with Gasteiger partial charge in [-0.1, -0.05) is 6.07 Å². The smallest absolute Gasteiger partial charge is 0.123 e. The Morgan fingerprint density at radius 3 is 2.94 bits per heavy atom. The summed E-state index contributed by atoms with van der Waals surface area (Å²) < 4.78 is 5.49. The van der Waals surface area contributed by atoms with Gasteiger partial charge in [0.2, 0.25) is 0 Å². The Labute approximate surface area is 102 Å². The van der Waals surface area contributed by atoms with Gasteiger partial charge in [-0.2, -0.15) is 0 Å². The summed E-state index contributed by atoms with van der Waals surface area (Å²) >= 11 is 0. The van der Waals surface area contributed by atoms with Crippen LogP contribution in [0.2, 0.25) is 0 Å². The van der Waals surface area contributed by atoms with Crippen molar-refractivity contribution in [3.05, 3.63) is 35.6 Å². The molecular formula is C14H19NO2. The van der Waals surface area contributed by atoms with Crippen molar-refractivity contribution in [2.45, 2.75) is 32.8 Å². The molecule has 92 valence electrons. The fourth-order valence-electron chi connectivity index (χ4n) is 1.99. The minimum Gasteiger partial charge on any atom is -0.507 e. The molecule has 0 aliphatic carbocycles. The highest BCUT2D eigenvalue weighted by atomic mass is 16.5. The summed E-state index contributed by atoms with van der Waals surface area (Å²) in [6.45, 7) is 4.60. The molecule has 0 spiro atoms. The second-order valence-corrected chi connectivity index (χ2v) is 4.49. The first-order valence-electron chi connectivity index (χ1n) is 6.02. The minimum atomic E-state index is 0.225. The van der Waals surface area contributed by atoms with Crippen LogP contribution >= 0.6 is 0 Å². The van der Waals surface area contributed by atoms with Gasteiger partial charge in [-0.3, -0.25) is 0 Å². The summed E-state index contributed by atoms with van der Waals surface area (Å²) in [6, 6.07) is 3.93. The average molecular weight is 233 g/mol. The van der Waals surface area contributed by atoms with Gasteiger partial charge < -0.3 is 15.2 Å². The second-order valence-electron chi connectivity index (χ2n) is 4.49. The highest BCUT2D eigenvalue weighted by molar-refractivity contribution is 5.59. The normalized spacial score (nSPS) is 18.8. The monoisotopic (exact) mass is 233 g/mol. The fraction of sp³-hybridized carbons (Fsp3) is 0.429. The Bertz CT molecular complexity index is 426. The van der Waals surface area contributed by atoms with Crippen LogP contribution < -0.4 is 5.32 Å². The number of allylic oxidation sites excluding steroid dienone is 1. The standard InChI is InChI=1S/C14H19NO2/c1-10-6-7-13(11(2)14(10)16)15-9-12-5-3-4-8-17-12/h4,6-8,12,15-16H,3,5,9H2,1-2H3. The minimum absolute atomic E-state index is 0.225. The molecule has 2 N–H and O–H groups in total. The number of phenols is 1. The number of aryl methyl sites for hydroxylation is 1. The van der Waals surface area contributed by atoms with Gasteiger partial charge in [0, 0.05) is 11.3 Å². The molecule has 3 heteroatoms. The molecule has 1 unspecified atom stereocenters. The molecule has 1 heterocycles. The van der Waals surface area contributed by atoms with Crippen molar-refractivity contribution in [2.24, 2.45) is 0 Å². The molecule has 0 bridgehead atoms. The van der Waals surface area contributed by atoms with Crippen LogP contribution in [0.5, 0.6) is 5.75 Å². The van der Waals surface area contributed by atoms with Gasteiger partial charge in [0.1, 0.15) is 11.9 Å². The topological polar surface area (TPSA) is 41.5 Å². The van der Waals surface area contributed by atoms with E-state index in [2.05, 4.69) is 5.32 Å². The van der Waals surface area contributed by atoms with Crippen LogP contribution in [-0.2, 0) is 4.74 Å². The summed E-state index contributed by atoms with van der Waals surface area (Å²) in [4.78, 5) is 0. The summed E-state index contributed by atoms with van der Waals surface area (Å²) in [5, 5.41) is 13.2. The van der Waals surface area contributed by atoms with E-state index in [-0.39, 0.29) is 6.10 Å². The van der Waals surface area contributed by atoms with Crippen molar-refractivity contribution >= 4 is 5.69 Å². The number of hydrogen-bond donors (Lipinski definition) is 2. The zero-order valence-electron chi connectivity index (χ0n) is 10.4. The summed E-state index contributed by atoms with van der Waals surface area (Å²) in [5.41, 5.74) is 2.78. The van der Waals surface area contributed by atoms with E-state index in [4.69, 9.17) is 4.74 Å². The van der Waals surface area contributed by atoms with E-state index >= 15 is 0 Å². The molecule has 0 radical (unpaired) electrons. The number of anilines is 1. The van der Waals surface area contributed by atoms with E-state index in [1.807, 2.05) is 32.1 Å². The van der Waals surface area contributed by atoms with Crippen molar-refractivity contribution in [1.82, 2.24) is 0 Å². The Morgan fingerprint density at radius 2 is 2.24 bits per heavy atom. The first kappa shape index (κ1) is 11.8. The van der Waals surface area contributed by atoms with Gasteiger partial charge in [-0.25, -0.2) is 0 Å². The molecule has 0 saturated heterocycles. The highest BCUT2D eigenvalue weighted by Crippen LogP contribution is 2.28. The van der Waals surface area contributed by atoms with Crippen LogP contribution in [0.15, 0.2) is 24.5 Å². The van der Waals surface area contributed by atoms with Gasteiger partial charge in [-0.15, -0.1) is 0 Å². The first-order chi connectivity index (χ1) is 8.18. The third kappa shape index (κ3) is 2.73. The summed E-state index contributed by atoms with van der Waals surface area (Å²) in [6.07, 6.45) is 6.16. The van der Waals surface area contributed by atoms with Crippen LogP contribution in [0.3, 0.4) is 0 Å². The highest BCUT2D eigenvalue weighted by Gasteiger charge is 2.12. The number of nitrogens with one attached hydrogen (secondary N) is 1. The van der Waals surface area contributed by atoms with Crippen molar-refractivity contribution in [1.29, 1.82) is 0 Å². The zero-order chi connectivity index (χ0) is 12.3. The van der Waals surface area contributed by atoms with Gasteiger partial charge >= 0.3 is 0 Å². The van der Waals surface area contributed by atoms with Gasteiger partial charge in [0.05, 0.1) is 12.8 Å². The van der Waals surface area contributed by atoms with Crippen LogP contribution in [-0.4, -0.2) is 17.8 Å². The molecule has 0 fully saturated rings. The van der Waals surface area contributed by atoms with E-state index in [1.54, 1.807) is 6.26 Å². The number of hydrogen-bond acceptors (Lipinski definition) is 3. The third-order valence-corrected chi connectivity index (χ3v) is 3.18. The molecule has 1 aromatic carbocycles. The Balaban J connectivity index is 1.99. The fourth-order valence-corrected chi connectivity index (χ4v) is 1.99. The molecule has 3 nitrogen and oxygen atoms in total. The SMILES string of the molecule is Cc1ccc(NCC2CCC=CO2)c(C)c1O. The number of rotatable bonds is 3. The Hall–Kier alpha value is -1.64. The Morgan fingerprint density at radius 1 is 1.41 bits per heavy atom. The Kier molecular flexibility index (Phi) is 3.57. The number of aromatic hydroxyl groups is 1. The van der Waals surface area contributed by atoms with Gasteiger partial charge in [-0.05, 0) is 44.4 Å². The van der Waals surface area contributed by atoms with E-state index in [0.717, 1.165) is 36.2 Å². The lowest BCUT2D eigenvalue weighted by molar-refractivity contribution is 0.135. The number of ether oxygens (including phenoxy) is 1. The van der Waals surface area contributed by atoms with Crippen molar-refractivity contribution in [3.63, 3.8) is 0 Å². The summed E-state index contributed by atoms with van der Waals surface area (Å²) in [5.74, 6) is 0.374. The molecule has 2 rings (SSSR count). The maximum atomic E-state index is 9.84. The van der Waals surface area contributed by atoms with Gasteiger partial charge in [0.15, 0.2) is 0 Å². The number of phenolic OH excluding ortho intramolecular Hbond substituents is 1. The van der Waals surface area contributed by atoms with Crippen molar-refractivity contribution in [3.8, 4) is 5.75 Å². The average Bonchev–Trinajstić information content (AvgIpc) is 2.36. The maximum absolute atomic E-state index is 9.84. The molecule has 1 atom stereocenters. The van der Waals surface area contributed by atoms with E-state index in [1.165, 1.54) is 0 Å². The zero-order valence-corrected chi connectivity index (χ0v) is 10.4. The van der Waals surface area contributed by atoms with Gasteiger partial charge in [0.25, 0.3) is 0 Å². The van der Waals surface area contributed by atoms with Crippen molar-refractivity contribution in [2.75, 3.05) is 11.9 Å². The molecule has 1 aromatic rings. The van der Waals surface area contributed by atoms with Crippen molar-refractivity contribution < 1.29 is 9.84 Å². The van der Waals surface area contributed by atoms with Crippen LogP contribution in [0, 0.1) is 13.8 Å². The summed E-state index contributed by atoms with van der Waals surface area (Å²) in [7, 11) is 0. The molecule has 17 heavy (non-hydrogen) atoms. The lowest BCUT2D eigenvalue weighted by Gasteiger charge is -2.21. The van der Waals surface area contributed by atoms with Crippen LogP contribution in [0.1, 0.15) is 24.0 Å². The predicted octanol–water partition coefficient (Wildman–Crippen LogP) is 3.11.